The number of phenolic OH excluding ortho intramolecular Hbond substituents is 1. The number of phenols is 1. The van der Waals surface area contributed by atoms with E-state index >= 15 is 0 Å². The number of aromatic nitrogens is 6. The average molecular weight is 751 g/mol. The van der Waals surface area contributed by atoms with Crippen LogP contribution in [-0.4, -0.2) is 46.9 Å². The fourth-order valence-corrected chi connectivity index (χ4v) is 8.15. The Labute approximate surface area is 309 Å². The standard InChI is InChI=1S/C36H30N8O3S4/c45-28-16-24(18-43-20-26(39-41-43)22-50-31-9-3-1-7-29(31)37-35(46)33-11-5-13-48-33)15-25(17-28)19-44-21-27(40-42-44)23-51-32-10-4-2-8-30(32)38-36(47)34-12-6-14-49-34/h1-17,20-21,45H,18-19,22-23H2,(H,37,46)(H,38,47). The molecule has 0 aliphatic rings. The van der Waals surface area contributed by atoms with Gasteiger partial charge in [0.15, 0.2) is 0 Å². The number of nitrogens with zero attached hydrogens (tertiary/aromatic N) is 6. The highest BCUT2D eigenvalue weighted by molar-refractivity contribution is 7.99. The Bertz CT molecular complexity index is 2100. The van der Waals surface area contributed by atoms with Gasteiger partial charge in [0, 0.05) is 33.7 Å². The molecule has 7 rings (SSSR count). The van der Waals surface area contributed by atoms with Crippen molar-refractivity contribution in [1.29, 1.82) is 0 Å². The lowest BCUT2D eigenvalue weighted by Crippen LogP contribution is -2.10. The van der Waals surface area contributed by atoms with Crippen molar-refractivity contribution in [1.82, 2.24) is 30.0 Å². The molecule has 51 heavy (non-hydrogen) atoms. The van der Waals surface area contributed by atoms with Crippen LogP contribution in [0.3, 0.4) is 0 Å². The summed E-state index contributed by atoms with van der Waals surface area (Å²) in [7, 11) is 0. The van der Waals surface area contributed by atoms with Crippen molar-refractivity contribution < 1.29 is 14.7 Å². The van der Waals surface area contributed by atoms with Gasteiger partial charge in [0.25, 0.3) is 11.8 Å². The molecule has 0 aliphatic carbocycles. The molecule has 0 saturated carbocycles. The van der Waals surface area contributed by atoms with Crippen molar-refractivity contribution in [3.63, 3.8) is 0 Å². The molecule has 256 valence electrons. The van der Waals surface area contributed by atoms with Gasteiger partial charge in [-0.1, -0.05) is 52.9 Å². The smallest absolute Gasteiger partial charge is 0.265 e. The van der Waals surface area contributed by atoms with Crippen molar-refractivity contribution in [2.45, 2.75) is 34.4 Å². The first-order valence-electron chi connectivity index (χ1n) is 15.7. The van der Waals surface area contributed by atoms with E-state index in [1.165, 1.54) is 22.7 Å². The highest BCUT2D eigenvalue weighted by Gasteiger charge is 2.13. The van der Waals surface area contributed by atoms with Gasteiger partial charge in [0.1, 0.15) is 5.75 Å². The molecule has 0 spiro atoms. The fourth-order valence-electron chi connectivity index (χ4n) is 5.14. The Morgan fingerprint density at radius 2 is 1.12 bits per heavy atom. The third kappa shape index (κ3) is 9.12. The minimum Gasteiger partial charge on any atom is -0.508 e. The van der Waals surface area contributed by atoms with Crippen molar-refractivity contribution in [2.75, 3.05) is 10.6 Å². The summed E-state index contributed by atoms with van der Waals surface area (Å²) in [5.74, 6) is 1.02. The molecule has 3 N–H and O–H groups in total. The minimum absolute atomic E-state index is 0.132. The van der Waals surface area contributed by atoms with Crippen molar-refractivity contribution in [3.05, 3.63) is 146 Å². The molecular formula is C36H30N8O3S4. The van der Waals surface area contributed by atoms with E-state index in [1.807, 2.05) is 89.9 Å². The highest BCUT2D eigenvalue weighted by Crippen LogP contribution is 2.31. The molecule has 0 radical (unpaired) electrons. The molecule has 11 nitrogen and oxygen atoms in total. The van der Waals surface area contributed by atoms with Crippen LogP contribution >= 0.6 is 46.2 Å². The number of nitrogens with one attached hydrogen (secondary N) is 2. The number of thioether (sulfide) groups is 2. The molecule has 4 aromatic heterocycles. The molecule has 3 aromatic carbocycles. The van der Waals surface area contributed by atoms with Gasteiger partial charge >= 0.3 is 0 Å². The zero-order chi connectivity index (χ0) is 35.0. The first-order chi connectivity index (χ1) is 24.9. The van der Waals surface area contributed by atoms with E-state index in [4.69, 9.17) is 0 Å². The maximum absolute atomic E-state index is 12.6. The van der Waals surface area contributed by atoms with E-state index < -0.39 is 0 Å². The first kappa shape index (κ1) is 34.2. The van der Waals surface area contributed by atoms with E-state index in [1.54, 1.807) is 57.2 Å². The Balaban J connectivity index is 0.935. The quantitative estimate of drug-likeness (QED) is 0.0948. The van der Waals surface area contributed by atoms with Gasteiger partial charge in [-0.25, -0.2) is 9.36 Å². The number of carbonyl (C=O) groups excluding carboxylic acids is 2. The van der Waals surface area contributed by atoms with E-state index in [2.05, 4.69) is 31.3 Å². The largest absolute Gasteiger partial charge is 0.508 e. The monoisotopic (exact) mass is 750 g/mol. The van der Waals surface area contributed by atoms with Crippen LogP contribution in [0.5, 0.6) is 5.75 Å². The number of hydrogen-bond acceptors (Lipinski definition) is 11. The first-order valence-corrected chi connectivity index (χ1v) is 19.4. The Morgan fingerprint density at radius 3 is 1.57 bits per heavy atom. The van der Waals surface area contributed by atoms with Crippen molar-refractivity contribution in [2.24, 2.45) is 0 Å². The number of hydrogen-bond donors (Lipinski definition) is 3. The lowest BCUT2D eigenvalue weighted by molar-refractivity contribution is 0.102. The number of benzene rings is 3. The number of thiophene rings is 2. The van der Waals surface area contributed by atoms with Crippen LogP contribution in [0.1, 0.15) is 41.9 Å². The van der Waals surface area contributed by atoms with Gasteiger partial charge in [-0.15, -0.1) is 56.4 Å². The summed E-state index contributed by atoms with van der Waals surface area (Å²) in [4.78, 5) is 28.4. The minimum atomic E-state index is -0.132. The Kier molecular flexibility index (Phi) is 10.9. The summed E-state index contributed by atoms with van der Waals surface area (Å²) in [5, 5.41) is 37.6. The summed E-state index contributed by atoms with van der Waals surface area (Å²) < 4.78 is 3.48. The van der Waals surface area contributed by atoms with Gasteiger partial charge in [0.2, 0.25) is 0 Å². The highest BCUT2D eigenvalue weighted by atomic mass is 32.2. The van der Waals surface area contributed by atoms with E-state index in [0.717, 1.165) is 43.7 Å². The Hall–Kier alpha value is -5.22. The van der Waals surface area contributed by atoms with Crippen LogP contribution in [0.25, 0.3) is 0 Å². The van der Waals surface area contributed by atoms with Crippen LogP contribution in [0, 0.1) is 0 Å². The van der Waals surface area contributed by atoms with Crippen LogP contribution in [0.2, 0.25) is 0 Å². The molecule has 2 amide bonds. The number of para-hydroxylation sites is 2. The number of aromatic hydroxyl groups is 1. The maximum Gasteiger partial charge on any atom is 0.265 e. The molecule has 7 aromatic rings. The molecule has 0 fully saturated rings. The van der Waals surface area contributed by atoms with Crippen LogP contribution in [0.4, 0.5) is 11.4 Å². The van der Waals surface area contributed by atoms with Gasteiger partial charge in [-0.2, -0.15) is 0 Å². The second kappa shape index (κ2) is 16.2. The predicted molar refractivity (Wildman–Crippen MR) is 203 cm³/mol. The lowest BCUT2D eigenvalue weighted by Gasteiger charge is -2.09. The molecule has 15 heteroatoms. The molecule has 0 unspecified atom stereocenters. The Morgan fingerprint density at radius 1 is 0.647 bits per heavy atom. The van der Waals surface area contributed by atoms with Crippen LogP contribution in [-0.2, 0) is 24.6 Å². The van der Waals surface area contributed by atoms with Gasteiger partial charge in [0.05, 0.1) is 45.6 Å². The number of rotatable bonds is 14. The normalized spacial score (nSPS) is 11.1. The second-order valence-corrected chi connectivity index (χ2v) is 15.2. The molecule has 0 saturated heterocycles. The maximum atomic E-state index is 12.6. The third-order valence-corrected chi connectivity index (χ3v) is 11.4. The summed E-state index contributed by atoms with van der Waals surface area (Å²) >= 11 is 5.95. The third-order valence-electron chi connectivity index (χ3n) is 7.41. The second-order valence-electron chi connectivity index (χ2n) is 11.3. The van der Waals surface area contributed by atoms with E-state index in [-0.39, 0.29) is 17.6 Å². The summed E-state index contributed by atoms with van der Waals surface area (Å²) in [6.07, 6.45) is 3.77. The van der Waals surface area contributed by atoms with Crippen molar-refractivity contribution in [3.8, 4) is 5.75 Å². The predicted octanol–water partition coefficient (Wildman–Crippen LogP) is 7.88. The van der Waals surface area contributed by atoms with E-state index in [0.29, 0.717) is 34.3 Å². The van der Waals surface area contributed by atoms with Crippen LogP contribution in [0.15, 0.2) is 124 Å². The lowest BCUT2D eigenvalue weighted by atomic mass is 10.1. The van der Waals surface area contributed by atoms with Gasteiger partial charge in [-0.05, 0) is 70.4 Å². The molecular weight excluding hydrogens is 721 g/mol. The van der Waals surface area contributed by atoms with Gasteiger partial charge < -0.3 is 15.7 Å². The average Bonchev–Trinajstić information content (AvgIpc) is 3.97. The number of amides is 2. The topological polar surface area (TPSA) is 140 Å². The fraction of sp³-hybridized carbons (Fsp3) is 0.111. The van der Waals surface area contributed by atoms with Crippen LogP contribution < -0.4 is 10.6 Å². The molecule has 4 heterocycles. The number of anilines is 2. The molecule has 0 bridgehead atoms. The molecule has 0 aliphatic heterocycles. The SMILES string of the molecule is O=C(Nc1ccccc1SCc1cn(Cc2cc(O)cc(Cn3cc(CSc4ccccc4NC(=O)c4cccs4)nn3)c2)nn1)c1cccs1. The zero-order valence-electron chi connectivity index (χ0n) is 26.9. The zero-order valence-corrected chi connectivity index (χ0v) is 30.1. The van der Waals surface area contributed by atoms with Gasteiger partial charge in [-0.3, -0.25) is 9.59 Å². The van der Waals surface area contributed by atoms with E-state index in [9.17, 15) is 14.7 Å². The molecule has 0 atom stereocenters. The summed E-state index contributed by atoms with van der Waals surface area (Å²) in [6.45, 7) is 0.850. The number of carbonyl (C=O) groups is 2. The summed E-state index contributed by atoms with van der Waals surface area (Å²) in [6, 6.07) is 28.1. The van der Waals surface area contributed by atoms with Crippen molar-refractivity contribution >= 4 is 69.4 Å². The summed E-state index contributed by atoms with van der Waals surface area (Å²) in [5.41, 5.74) is 4.82.